The van der Waals surface area contributed by atoms with Gasteiger partial charge < -0.3 is 4.90 Å². The third-order valence-corrected chi connectivity index (χ3v) is 4.03. The first-order valence-corrected chi connectivity index (χ1v) is 6.39. The summed E-state index contributed by atoms with van der Waals surface area (Å²) < 4.78 is 0. The lowest BCUT2D eigenvalue weighted by atomic mass is 10.1. The molecule has 0 N–H and O–H groups in total. The van der Waals surface area contributed by atoms with Crippen molar-refractivity contribution in [2.75, 3.05) is 13.1 Å². The number of thiazole rings is 1. The summed E-state index contributed by atoms with van der Waals surface area (Å²) in [5.74, 6) is 0.131. The van der Waals surface area contributed by atoms with Crippen molar-refractivity contribution < 1.29 is 4.79 Å². The molecule has 2 heterocycles. The molecule has 3 nitrogen and oxygen atoms in total. The summed E-state index contributed by atoms with van der Waals surface area (Å²) in [7, 11) is 0. The molecule has 0 aromatic carbocycles. The zero-order chi connectivity index (χ0) is 9.97. The molecule has 1 fully saturated rings. The van der Waals surface area contributed by atoms with E-state index in [-0.39, 0.29) is 5.91 Å². The largest absolute Gasteiger partial charge is 0.338 e. The van der Waals surface area contributed by atoms with Gasteiger partial charge in [-0.1, -0.05) is 15.9 Å². The van der Waals surface area contributed by atoms with Crippen molar-refractivity contribution in [3.8, 4) is 0 Å². The van der Waals surface area contributed by atoms with Crippen molar-refractivity contribution >= 4 is 33.2 Å². The number of halogens is 1. The van der Waals surface area contributed by atoms with Gasteiger partial charge in [0.1, 0.15) is 4.88 Å². The average molecular weight is 275 g/mol. The van der Waals surface area contributed by atoms with Crippen LogP contribution in [0.1, 0.15) is 22.5 Å². The van der Waals surface area contributed by atoms with Crippen LogP contribution in [0.4, 0.5) is 0 Å². The summed E-state index contributed by atoms with van der Waals surface area (Å²) in [5, 5.41) is 0. The molecule has 14 heavy (non-hydrogen) atoms. The number of nitrogens with zero attached hydrogens (tertiary/aromatic N) is 2. The molecule has 0 bridgehead atoms. The van der Waals surface area contributed by atoms with Crippen LogP contribution < -0.4 is 0 Å². The van der Waals surface area contributed by atoms with Crippen LogP contribution in [0.2, 0.25) is 0 Å². The Hall–Kier alpha value is -0.420. The molecular weight excluding hydrogens is 264 g/mol. The summed E-state index contributed by atoms with van der Waals surface area (Å²) >= 11 is 4.98. The lowest BCUT2D eigenvalue weighted by molar-refractivity contribution is 0.0733. The van der Waals surface area contributed by atoms with Gasteiger partial charge in [0.15, 0.2) is 0 Å². The van der Waals surface area contributed by atoms with Gasteiger partial charge in [-0.2, -0.15) is 0 Å². The van der Waals surface area contributed by atoms with Gasteiger partial charge in [0.2, 0.25) is 0 Å². The summed E-state index contributed by atoms with van der Waals surface area (Å²) in [4.78, 5) is 19.0. The van der Waals surface area contributed by atoms with Crippen LogP contribution >= 0.6 is 27.3 Å². The van der Waals surface area contributed by atoms with Crippen molar-refractivity contribution in [3.05, 3.63) is 16.6 Å². The molecule has 0 spiro atoms. The first kappa shape index (κ1) is 10.1. The first-order valence-electron chi connectivity index (χ1n) is 4.59. The van der Waals surface area contributed by atoms with E-state index >= 15 is 0 Å². The molecule has 76 valence electrons. The maximum Gasteiger partial charge on any atom is 0.265 e. The van der Waals surface area contributed by atoms with Crippen LogP contribution in [0.3, 0.4) is 0 Å². The SMILES string of the molecule is O=C(c1cncs1)N1CCC(Br)CC1. The number of likely N-dealkylation sites (tertiary alicyclic amines) is 1. The third-order valence-electron chi connectivity index (χ3n) is 2.35. The second-order valence-electron chi connectivity index (χ2n) is 3.33. The molecule has 1 aromatic rings. The molecule has 1 saturated heterocycles. The Labute approximate surface area is 95.3 Å². The average Bonchev–Trinajstić information content (AvgIpc) is 2.71. The highest BCUT2D eigenvalue weighted by Crippen LogP contribution is 2.20. The standard InChI is InChI=1S/C9H11BrN2OS/c10-7-1-3-12(4-2-7)9(13)8-5-11-6-14-8/h5-7H,1-4H2. The number of hydrogen-bond donors (Lipinski definition) is 0. The zero-order valence-corrected chi connectivity index (χ0v) is 10.1. The quantitative estimate of drug-likeness (QED) is 0.736. The fourth-order valence-electron chi connectivity index (χ4n) is 1.53. The predicted octanol–water partition coefficient (Wildman–Crippen LogP) is 2.14. The molecule has 1 aliphatic rings. The maximum atomic E-state index is 11.8. The number of alkyl halides is 1. The zero-order valence-electron chi connectivity index (χ0n) is 7.65. The van der Waals surface area contributed by atoms with Gasteiger partial charge in [0, 0.05) is 17.9 Å². The van der Waals surface area contributed by atoms with Crippen LogP contribution in [-0.4, -0.2) is 33.7 Å². The van der Waals surface area contributed by atoms with Crippen molar-refractivity contribution in [3.63, 3.8) is 0 Å². The number of rotatable bonds is 1. The topological polar surface area (TPSA) is 33.2 Å². The molecule has 2 rings (SSSR count). The number of aromatic nitrogens is 1. The molecular formula is C9H11BrN2OS. The molecule has 0 saturated carbocycles. The molecule has 1 amide bonds. The highest BCUT2D eigenvalue weighted by Gasteiger charge is 2.22. The smallest absolute Gasteiger partial charge is 0.265 e. The van der Waals surface area contributed by atoms with Gasteiger partial charge in [0.25, 0.3) is 5.91 Å². The minimum atomic E-state index is 0.131. The molecule has 0 aliphatic carbocycles. The second kappa shape index (κ2) is 4.40. The van der Waals surface area contributed by atoms with Crippen molar-refractivity contribution in [2.24, 2.45) is 0 Å². The van der Waals surface area contributed by atoms with E-state index in [1.807, 2.05) is 4.90 Å². The molecule has 1 aliphatic heterocycles. The minimum Gasteiger partial charge on any atom is -0.338 e. The monoisotopic (exact) mass is 274 g/mol. The van der Waals surface area contributed by atoms with E-state index in [0.717, 1.165) is 30.8 Å². The van der Waals surface area contributed by atoms with Gasteiger partial charge in [-0.15, -0.1) is 11.3 Å². The fraction of sp³-hybridized carbons (Fsp3) is 0.556. The number of carbonyl (C=O) groups is 1. The van der Waals surface area contributed by atoms with Crippen LogP contribution in [0.15, 0.2) is 11.7 Å². The number of amides is 1. The maximum absolute atomic E-state index is 11.8. The Balaban J connectivity index is 1.99. The van der Waals surface area contributed by atoms with E-state index in [2.05, 4.69) is 20.9 Å². The van der Waals surface area contributed by atoms with E-state index in [1.165, 1.54) is 11.3 Å². The van der Waals surface area contributed by atoms with Crippen molar-refractivity contribution in [2.45, 2.75) is 17.7 Å². The number of piperidine rings is 1. The first-order chi connectivity index (χ1) is 6.77. The lowest BCUT2D eigenvalue weighted by Gasteiger charge is -2.28. The van der Waals surface area contributed by atoms with E-state index in [4.69, 9.17) is 0 Å². The molecule has 0 atom stereocenters. The molecule has 0 unspecified atom stereocenters. The van der Waals surface area contributed by atoms with Crippen molar-refractivity contribution in [1.82, 2.24) is 9.88 Å². The van der Waals surface area contributed by atoms with Gasteiger partial charge in [-0.3, -0.25) is 9.78 Å². The summed E-state index contributed by atoms with van der Waals surface area (Å²) in [6.07, 6.45) is 3.74. The molecule has 1 aromatic heterocycles. The van der Waals surface area contributed by atoms with E-state index in [1.54, 1.807) is 11.7 Å². The normalized spacial score (nSPS) is 18.5. The summed E-state index contributed by atoms with van der Waals surface area (Å²) in [6, 6.07) is 0. The Morgan fingerprint density at radius 2 is 2.29 bits per heavy atom. The minimum absolute atomic E-state index is 0.131. The van der Waals surface area contributed by atoms with Gasteiger partial charge in [0.05, 0.1) is 11.7 Å². The summed E-state index contributed by atoms with van der Waals surface area (Å²) in [6.45, 7) is 1.71. The molecule has 0 radical (unpaired) electrons. The van der Waals surface area contributed by atoms with E-state index < -0.39 is 0 Å². The van der Waals surface area contributed by atoms with Crippen LogP contribution in [0.25, 0.3) is 0 Å². The lowest BCUT2D eigenvalue weighted by Crippen LogP contribution is -2.38. The Bertz CT molecular complexity index is 307. The summed E-state index contributed by atoms with van der Waals surface area (Å²) in [5.41, 5.74) is 1.70. The highest BCUT2D eigenvalue weighted by atomic mass is 79.9. The third kappa shape index (κ3) is 2.15. The van der Waals surface area contributed by atoms with Crippen molar-refractivity contribution in [1.29, 1.82) is 0 Å². The number of carbonyl (C=O) groups excluding carboxylic acids is 1. The predicted molar refractivity (Wildman–Crippen MR) is 60.0 cm³/mol. The fourth-order valence-corrected chi connectivity index (χ4v) is 2.52. The van der Waals surface area contributed by atoms with Gasteiger partial charge in [-0.05, 0) is 12.8 Å². The Morgan fingerprint density at radius 3 is 2.86 bits per heavy atom. The highest BCUT2D eigenvalue weighted by molar-refractivity contribution is 9.09. The van der Waals surface area contributed by atoms with Crippen LogP contribution in [-0.2, 0) is 0 Å². The van der Waals surface area contributed by atoms with Gasteiger partial charge >= 0.3 is 0 Å². The van der Waals surface area contributed by atoms with Crippen LogP contribution in [0, 0.1) is 0 Å². The van der Waals surface area contributed by atoms with E-state index in [0.29, 0.717) is 4.83 Å². The second-order valence-corrected chi connectivity index (χ2v) is 5.51. The Kier molecular flexibility index (Phi) is 3.18. The molecule has 5 heteroatoms. The number of hydrogen-bond acceptors (Lipinski definition) is 3. The van der Waals surface area contributed by atoms with Crippen LogP contribution in [0.5, 0.6) is 0 Å². The van der Waals surface area contributed by atoms with Gasteiger partial charge in [-0.25, -0.2) is 0 Å². The Morgan fingerprint density at radius 1 is 1.57 bits per heavy atom. The van der Waals surface area contributed by atoms with E-state index in [9.17, 15) is 4.79 Å².